The van der Waals surface area contributed by atoms with Crippen LogP contribution < -0.4 is 5.32 Å². The van der Waals surface area contributed by atoms with Gasteiger partial charge in [0.05, 0.1) is 0 Å². The summed E-state index contributed by atoms with van der Waals surface area (Å²) in [4.78, 5) is 2.62. The van der Waals surface area contributed by atoms with Gasteiger partial charge in [0, 0.05) is 23.6 Å². The van der Waals surface area contributed by atoms with E-state index in [-0.39, 0.29) is 0 Å². The Labute approximate surface area is 118 Å². The topological polar surface area (TPSA) is 15.3 Å². The van der Waals surface area contributed by atoms with E-state index in [0.29, 0.717) is 0 Å². The molecule has 2 aliphatic rings. The summed E-state index contributed by atoms with van der Waals surface area (Å²) in [7, 11) is 0. The van der Waals surface area contributed by atoms with E-state index in [1.807, 2.05) is 0 Å². The van der Waals surface area contributed by atoms with E-state index < -0.39 is 0 Å². The maximum Gasteiger partial charge on any atom is 0.0233 e. The van der Waals surface area contributed by atoms with Crippen LogP contribution in [0.5, 0.6) is 0 Å². The van der Waals surface area contributed by atoms with Crippen LogP contribution >= 0.6 is 15.9 Å². The third-order valence-corrected chi connectivity index (χ3v) is 5.26. The summed E-state index contributed by atoms with van der Waals surface area (Å²) in [6, 6.07) is 7.53. The molecule has 0 saturated carbocycles. The molecule has 1 aromatic carbocycles. The highest BCUT2D eigenvalue weighted by Crippen LogP contribution is 2.26. The van der Waals surface area contributed by atoms with Gasteiger partial charge in [-0.3, -0.25) is 4.90 Å². The minimum atomic E-state index is 0.799. The van der Waals surface area contributed by atoms with Crippen molar-refractivity contribution in [3.8, 4) is 0 Å². The van der Waals surface area contributed by atoms with Crippen molar-refractivity contribution in [2.24, 2.45) is 5.92 Å². The quantitative estimate of drug-likeness (QED) is 0.903. The van der Waals surface area contributed by atoms with Crippen LogP contribution in [0.2, 0.25) is 0 Å². The van der Waals surface area contributed by atoms with Crippen molar-refractivity contribution < 1.29 is 0 Å². The second-order valence-corrected chi connectivity index (χ2v) is 6.57. The highest BCUT2D eigenvalue weighted by atomic mass is 79.9. The molecule has 0 amide bonds. The Morgan fingerprint density at radius 1 is 1.39 bits per heavy atom. The highest BCUT2D eigenvalue weighted by Gasteiger charge is 2.32. The van der Waals surface area contributed by atoms with Crippen molar-refractivity contribution in [2.75, 3.05) is 19.6 Å². The fraction of sp³-hybridized carbons (Fsp3) is 0.600. The normalized spacial score (nSPS) is 28.3. The fourth-order valence-corrected chi connectivity index (χ4v) is 3.58. The molecule has 18 heavy (non-hydrogen) atoms. The average Bonchev–Trinajstić information content (AvgIpc) is 2.81. The van der Waals surface area contributed by atoms with Crippen LogP contribution in [0.25, 0.3) is 0 Å². The SMILES string of the molecule is Cc1cc(CN2CCC3NCCC3C2)ccc1Br. The minimum Gasteiger partial charge on any atom is -0.314 e. The third-order valence-electron chi connectivity index (χ3n) is 4.37. The fourth-order valence-electron chi connectivity index (χ4n) is 3.33. The first-order chi connectivity index (χ1) is 8.72. The molecule has 2 heterocycles. The van der Waals surface area contributed by atoms with E-state index in [1.54, 1.807) is 0 Å². The Balaban J connectivity index is 1.64. The molecule has 2 unspecified atom stereocenters. The maximum absolute atomic E-state index is 3.63. The van der Waals surface area contributed by atoms with Crippen LogP contribution in [0.4, 0.5) is 0 Å². The number of rotatable bonds is 2. The number of benzene rings is 1. The molecule has 0 bridgehead atoms. The third kappa shape index (κ3) is 2.63. The first-order valence-electron chi connectivity index (χ1n) is 6.93. The maximum atomic E-state index is 3.63. The second kappa shape index (κ2) is 5.32. The number of halogens is 1. The molecule has 1 aromatic rings. The molecular weight excluding hydrogens is 288 g/mol. The molecule has 3 heteroatoms. The molecule has 0 aromatic heterocycles. The zero-order valence-electron chi connectivity index (χ0n) is 11.0. The van der Waals surface area contributed by atoms with Gasteiger partial charge in [-0.15, -0.1) is 0 Å². The number of hydrogen-bond acceptors (Lipinski definition) is 2. The van der Waals surface area contributed by atoms with Crippen LogP contribution in [0.3, 0.4) is 0 Å². The van der Waals surface area contributed by atoms with Crippen molar-refractivity contribution in [2.45, 2.75) is 32.4 Å². The second-order valence-electron chi connectivity index (χ2n) is 5.72. The van der Waals surface area contributed by atoms with E-state index in [1.165, 1.54) is 48.1 Å². The predicted molar refractivity (Wildman–Crippen MR) is 78.7 cm³/mol. The summed E-state index contributed by atoms with van der Waals surface area (Å²) in [5.41, 5.74) is 2.78. The first-order valence-corrected chi connectivity index (χ1v) is 7.72. The Bertz CT molecular complexity index is 433. The zero-order chi connectivity index (χ0) is 12.5. The smallest absolute Gasteiger partial charge is 0.0233 e. The van der Waals surface area contributed by atoms with Crippen LogP contribution in [0.1, 0.15) is 24.0 Å². The Kier molecular flexibility index (Phi) is 3.73. The lowest BCUT2D eigenvalue weighted by molar-refractivity contribution is 0.156. The molecule has 0 spiro atoms. The standard InChI is InChI=1S/C15H21BrN2/c1-11-8-12(2-3-14(11)16)9-18-7-5-15-13(10-18)4-6-17-15/h2-3,8,13,15,17H,4-7,9-10H2,1H3. The monoisotopic (exact) mass is 308 g/mol. The van der Waals surface area contributed by atoms with E-state index in [4.69, 9.17) is 0 Å². The number of nitrogens with zero attached hydrogens (tertiary/aromatic N) is 1. The van der Waals surface area contributed by atoms with Gasteiger partial charge in [0.1, 0.15) is 0 Å². The molecule has 3 rings (SSSR count). The summed E-state index contributed by atoms with van der Waals surface area (Å²) in [5.74, 6) is 0.885. The van der Waals surface area contributed by atoms with Gasteiger partial charge in [0.15, 0.2) is 0 Å². The lowest BCUT2D eigenvalue weighted by Gasteiger charge is -2.34. The minimum absolute atomic E-state index is 0.799. The number of hydrogen-bond donors (Lipinski definition) is 1. The molecule has 2 nitrogen and oxygen atoms in total. The van der Waals surface area contributed by atoms with Crippen LogP contribution in [-0.4, -0.2) is 30.6 Å². The Hall–Kier alpha value is -0.380. The Morgan fingerprint density at radius 2 is 2.28 bits per heavy atom. The van der Waals surface area contributed by atoms with Crippen molar-refractivity contribution in [1.29, 1.82) is 0 Å². The van der Waals surface area contributed by atoms with Gasteiger partial charge in [-0.2, -0.15) is 0 Å². The van der Waals surface area contributed by atoms with E-state index >= 15 is 0 Å². The number of fused-ring (bicyclic) bond motifs is 1. The van der Waals surface area contributed by atoms with Crippen LogP contribution in [-0.2, 0) is 6.54 Å². The van der Waals surface area contributed by atoms with E-state index in [9.17, 15) is 0 Å². The van der Waals surface area contributed by atoms with Gasteiger partial charge < -0.3 is 5.32 Å². The summed E-state index contributed by atoms with van der Waals surface area (Å²) in [5, 5.41) is 3.63. The van der Waals surface area contributed by atoms with E-state index in [2.05, 4.69) is 51.3 Å². The van der Waals surface area contributed by atoms with Crippen LogP contribution in [0.15, 0.2) is 22.7 Å². The van der Waals surface area contributed by atoms with Crippen molar-refractivity contribution in [1.82, 2.24) is 10.2 Å². The highest BCUT2D eigenvalue weighted by molar-refractivity contribution is 9.10. The number of piperidine rings is 1. The molecular formula is C15H21BrN2. The van der Waals surface area contributed by atoms with Crippen LogP contribution in [0, 0.1) is 12.8 Å². The first kappa shape index (κ1) is 12.6. The molecule has 98 valence electrons. The molecule has 2 atom stereocenters. The summed E-state index contributed by atoms with van der Waals surface area (Å²) < 4.78 is 1.21. The Morgan fingerprint density at radius 3 is 3.11 bits per heavy atom. The average molecular weight is 309 g/mol. The van der Waals surface area contributed by atoms with Gasteiger partial charge in [0.2, 0.25) is 0 Å². The van der Waals surface area contributed by atoms with Crippen molar-refractivity contribution in [3.63, 3.8) is 0 Å². The largest absolute Gasteiger partial charge is 0.314 e. The molecule has 2 saturated heterocycles. The molecule has 2 fully saturated rings. The molecule has 0 radical (unpaired) electrons. The predicted octanol–water partition coefficient (Wildman–Crippen LogP) is 2.94. The lowest BCUT2D eigenvalue weighted by atomic mass is 9.93. The van der Waals surface area contributed by atoms with Gasteiger partial charge in [-0.05, 0) is 56.0 Å². The summed E-state index contributed by atoms with van der Waals surface area (Å²) in [6.07, 6.45) is 2.68. The van der Waals surface area contributed by atoms with Gasteiger partial charge in [-0.1, -0.05) is 28.1 Å². The van der Waals surface area contributed by atoms with E-state index in [0.717, 1.165) is 18.5 Å². The zero-order valence-corrected chi connectivity index (χ0v) is 12.5. The van der Waals surface area contributed by atoms with Crippen molar-refractivity contribution in [3.05, 3.63) is 33.8 Å². The van der Waals surface area contributed by atoms with Gasteiger partial charge in [0.25, 0.3) is 0 Å². The van der Waals surface area contributed by atoms with Gasteiger partial charge in [-0.25, -0.2) is 0 Å². The molecule has 0 aliphatic carbocycles. The lowest BCUT2D eigenvalue weighted by Crippen LogP contribution is -2.43. The number of nitrogens with one attached hydrogen (secondary N) is 1. The summed E-state index contributed by atoms with van der Waals surface area (Å²) in [6.45, 7) is 7.01. The summed E-state index contributed by atoms with van der Waals surface area (Å²) >= 11 is 3.57. The molecule has 2 aliphatic heterocycles. The number of aryl methyl sites for hydroxylation is 1. The van der Waals surface area contributed by atoms with Gasteiger partial charge >= 0.3 is 0 Å². The van der Waals surface area contributed by atoms with Crippen molar-refractivity contribution >= 4 is 15.9 Å². The number of likely N-dealkylation sites (tertiary alicyclic amines) is 1. The molecule has 1 N–H and O–H groups in total.